The van der Waals surface area contributed by atoms with E-state index < -0.39 is 0 Å². The number of benzene rings is 2. The van der Waals surface area contributed by atoms with Gasteiger partial charge >= 0.3 is 0 Å². The molecule has 0 aliphatic carbocycles. The molecule has 1 atom stereocenters. The normalized spacial score (nSPS) is 16.8. The molecule has 150 valence electrons. The van der Waals surface area contributed by atoms with Gasteiger partial charge in [-0.3, -0.25) is 9.59 Å². The van der Waals surface area contributed by atoms with Crippen molar-refractivity contribution in [3.63, 3.8) is 0 Å². The third-order valence-electron chi connectivity index (χ3n) is 5.85. The molecule has 2 aromatic carbocycles. The van der Waals surface area contributed by atoms with Gasteiger partial charge in [0, 0.05) is 30.3 Å². The fourth-order valence-electron chi connectivity index (χ4n) is 4.43. The van der Waals surface area contributed by atoms with E-state index in [9.17, 15) is 9.59 Å². The van der Waals surface area contributed by atoms with Crippen LogP contribution < -0.4 is 0 Å². The highest BCUT2D eigenvalue weighted by molar-refractivity contribution is 6.09. The molecule has 1 fully saturated rings. The first-order valence-corrected chi connectivity index (χ1v) is 10.1. The molecule has 0 radical (unpaired) electrons. The third kappa shape index (κ3) is 3.03. The zero-order valence-electron chi connectivity index (χ0n) is 16.7. The summed E-state index contributed by atoms with van der Waals surface area (Å²) < 4.78 is 1.76. The molecular weight excluding hydrogens is 378 g/mol. The van der Waals surface area contributed by atoms with E-state index in [1.807, 2.05) is 48.2 Å². The molecule has 3 heterocycles. The number of hydrogen-bond donors (Lipinski definition) is 0. The lowest BCUT2D eigenvalue weighted by Gasteiger charge is -2.33. The van der Waals surface area contributed by atoms with E-state index in [2.05, 4.69) is 15.1 Å². The molecule has 1 amide bonds. The zero-order valence-corrected chi connectivity index (χ0v) is 16.7. The number of aldehydes is 1. The Kier molecular flexibility index (Phi) is 4.50. The Morgan fingerprint density at radius 2 is 2.07 bits per heavy atom. The van der Waals surface area contributed by atoms with Crippen LogP contribution in [0.4, 0.5) is 0 Å². The first-order chi connectivity index (χ1) is 14.7. The molecule has 7 nitrogen and oxygen atoms in total. The van der Waals surface area contributed by atoms with Gasteiger partial charge in [-0.15, -0.1) is 0 Å². The first-order valence-electron chi connectivity index (χ1n) is 10.1. The van der Waals surface area contributed by atoms with Gasteiger partial charge in [-0.25, -0.2) is 9.50 Å². The minimum absolute atomic E-state index is 0.104. The molecule has 2 aromatic heterocycles. The SMILES string of the molecule is Cc1cc(C2CCCN(C(=O)c3ccc4ccccc4c3C=O)C2)n2ncnc2n1. The quantitative estimate of drug-likeness (QED) is 0.493. The van der Waals surface area contributed by atoms with Crippen LogP contribution in [0.25, 0.3) is 16.6 Å². The van der Waals surface area contributed by atoms with Crippen molar-refractivity contribution in [3.05, 3.63) is 71.3 Å². The van der Waals surface area contributed by atoms with Gasteiger partial charge in [0.05, 0.1) is 11.3 Å². The number of rotatable bonds is 3. The highest BCUT2D eigenvalue weighted by atomic mass is 16.2. The Labute approximate surface area is 173 Å². The lowest BCUT2D eigenvalue weighted by atomic mass is 9.92. The maximum atomic E-state index is 13.4. The Balaban J connectivity index is 1.49. The summed E-state index contributed by atoms with van der Waals surface area (Å²) in [6.07, 6.45) is 4.14. The van der Waals surface area contributed by atoms with E-state index in [4.69, 9.17) is 0 Å². The number of amides is 1. The van der Waals surface area contributed by atoms with Gasteiger partial charge in [0.15, 0.2) is 6.29 Å². The zero-order chi connectivity index (χ0) is 20.7. The van der Waals surface area contributed by atoms with Crippen LogP contribution in [0.3, 0.4) is 0 Å². The van der Waals surface area contributed by atoms with Crippen molar-refractivity contribution in [2.24, 2.45) is 0 Å². The maximum Gasteiger partial charge on any atom is 0.254 e. The standard InChI is InChI=1S/C23H21N5O2/c1-15-11-21(28-23(26-15)24-14-25-28)17-6-4-10-27(12-17)22(30)19-9-8-16-5-2-3-7-18(16)20(19)13-29/h2-3,5,7-9,11,13-14,17H,4,6,10,12H2,1H3. The molecule has 5 rings (SSSR count). The summed E-state index contributed by atoms with van der Waals surface area (Å²) in [5.74, 6) is 0.605. The summed E-state index contributed by atoms with van der Waals surface area (Å²) in [5, 5.41) is 6.08. The predicted molar refractivity (Wildman–Crippen MR) is 113 cm³/mol. The van der Waals surface area contributed by atoms with Gasteiger partial charge in [0.1, 0.15) is 6.33 Å². The molecule has 0 bridgehead atoms. The number of carbonyl (C=O) groups excluding carboxylic acids is 2. The average molecular weight is 399 g/mol. The molecule has 1 unspecified atom stereocenters. The Morgan fingerprint density at radius 3 is 2.93 bits per heavy atom. The van der Waals surface area contributed by atoms with Crippen LogP contribution in [-0.4, -0.2) is 49.8 Å². The summed E-state index contributed by atoms with van der Waals surface area (Å²) in [6.45, 7) is 3.18. The van der Waals surface area contributed by atoms with Crippen LogP contribution in [-0.2, 0) is 0 Å². The van der Waals surface area contributed by atoms with Crippen molar-refractivity contribution >= 4 is 28.7 Å². The molecule has 0 saturated carbocycles. The van der Waals surface area contributed by atoms with Gasteiger partial charge in [0.25, 0.3) is 11.7 Å². The maximum absolute atomic E-state index is 13.4. The Hall–Kier alpha value is -3.61. The highest BCUT2D eigenvalue weighted by Crippen LogP contribution is 2.29. The molecule has 1 aliphatic rings. The van der Waals surface area contributed by atoms with Crippen LogP contribution in [0.15, 0.2) is 48.8 Å². The number of aromatic nitrogens is 4. The minimum atomic E-state index is -0.104. The minimum Gasteiger partial charge on any atom is -0.338 e. The number of fused-ring (bicyclic) bond motifs is 2. The van der Waals surface area contributed by atoms with Crippen LogP contribution in [0.5, 0.6) is 0 Å². The van der Waals surface area contributed by atoms with E-state index in [0.29, 0.717) is 30.0 Å². The Bertz CT molecular complexity index is 1280. The second-order valence-corrected chi connectivity index (χ2v) is 7.75. The fraction of sp³-hybridized carbons (Fsp3) is 0.261. The van der Waals surface area contributed by atoms with Crippen molar-refractivity contribution in [2.45, 2.75) is 25.7 Å². The summed E-state index contributed by atoms with van der Waals surface area (Å²) in [5.41, 5.74) is 2.81. The average Bonchev–Trinajstić information content (AvgIpc) is 3.25. The van der Waals surface area contributed by atoms with Crippen molar-refractivity contribution in [1.82, 2.24) is 24.5 Å². The van der Waals surface area contributed by atoms with Crippen LogP contribution in [0.1, 0.15) is 50.9 Å². The number of carbonyl (C=O) groups is 2. The van der Waals surface area contributed by atoms with E-state index >= 15 is 0 Å². The number of aryl methyl sites for hydroxylation is 1. The third-order valence-corrected chi connectivity index (χ3v) is 5.85. The monoisotopic (exact) mass is 399 g/mol. The van der Waals surface area contributed by atoms with Gasteiger partial charge in [0.2, 0.25) is 0 Å². The molecular formula is C23H21N5O2. The highest BCUT2D eigenvalue weighted by Gasteiger charge is 2.29. The van der Waals surface area contributed by atoms with Crippen LogP contribution in [0, 0.1) is 6.92 Å². The Morgan fingerprint density at radius 1 is 1.20 bits per heavy atom. The first kappa shape index (κ1) is 18.4. The molecule has 30 heavy (non-hydrogen) atoms. The number of hydrogen-bond acceptors (Lipinski definition) is 5. The molecule has 1 saturated heterocycles. The second-order valence-electron chi connectivity index (χ2n) is 7.75. The summed E-state index contributed by atoms with van der Waals surface area (Å²) >= 11 is 0. The van der Waals surface area contributed by atoms with Crippen molar-refractivity contribution < 1.29 is 9.59 Å². The van der Waals surface area contributed by atoms with Gasteiger partial charge < -0.3 is 4.90 Å². The molecule has 0 N–H and O–H groups in total. The van der Waals surface area contributed by atoms with Crippen LogP contribution >= 0.6 is 0 Å². The van der Waals surface area contributed by atoms with Gasteiger partial charge in [-0.1, -0.05) is 30.3 Å². The van der Waals surface area contributed by atoms with Crippen molar-refractivity contribution in [2.75, 3.05) is 13.1 Å². The number of piperidine rings is 1. The van der Waals surface area contributed by atoms with Gasteiger partial charge in [-0.2, -0.15) is 10.1 Å². The fourth-order valence-corrected chi connectivity index (χ4v) is 4.43. The van der Waals surface area contributed by atoms with Crippen LogP contribution in [0.2, 0.25) is 0 Å². The smallest absolute Gasteiger partial charge is 0.254 e. The summed E-state index contributed by atoms with van der Waals surface area (Å²) in [4.78, 5) is 35.7. The topological polar surface area (TPSA) is 80.5 Å². The molecule has 0 spiro atoms. The largest absolute Gasteiger partial charge is 0.338 e. The molecule has 4 aromatic rings. The summed E-state index contributed by atoms with van der Waals surface area (Å²) in [6, 6.07) is 13.3. The van der Waals surface area contributed by atoms with Crippen molar-refractivity contribution in [1.29, 1.82) is 0 Å². The van der Waals surface area contributed by atoms with Gasteiger partial charge in [-0.05, 0) is 42.7 Å². The van der Waals surface area contributed by atoms with E-state index in [-0.39, 0.29) is 11.8 Å². The van der Waals surface area contributed by atoms with E-state index in [1.165, 1.54) is 6.33 Å². The van der Waals surface area contributed by atoms with E-state index in [1.54, 1.807) is 10.6 Å². The number of nitrogens with zero attached hydrogens (tertiary/aromatic N) is 5. The number of likely N-dealkylation sites (tertiary alicyclic amines) is 1. The molecule has 7 heteroatoms. The van der Waals surface area contributed by atoms with Crippen molar-refractivity contribution in [3.8, 4) is 0 Å². The lowest BCUT2D eigenvalue weighted by molar-refractivity contribution is 0.0703. The second kappa shape index (κ2) is 7.33. The lowest BCUT2D eigenvalue weighted by Crippen LogP contribution is -2.40. The predicted octanol–water partition coefficient (Wildman–Crippen LogP) is 3.42. The van der Waals surface area contributed by atoms with E-state index in [0.717, 1.165) is 41.3 Å². The molecule has 1 aliphatic heterocycles. The summed E-state index contributed by atoms with van der Waals surface area (Å²) in [7, 11) is 0.